The van der Waals surface area contributed by atoms with Crippen molar-refractivity contribution >= 4 is 5.91 Å². The van der Waals surface area contributed by atoms with E-state index in [9.17, 15) is 4.79 Å². The van der Waals surface area contributed by atoms with Gasteiger partial charge in [0.1, 0.15) is 0 Å². The summed E-state index contributed by atoms with van der Waals surface area (Å²) < 4.78 is 0. The Balaban J connectivity index is 2.40. The van der Waals surface area contributed by atoms with Crippen LogP contribution in [-0.4, -0.2) is 17.2 Å². The average molecular weight is 187 g/mol. The molecule has 4 heteroatoms. The zero-order valence-corrected chi connectivity index (χ0v) is 8.64. The minimum absolute atomic E-state index is 0.0139. The van der Waals surface area contributed by atoms with Crippen molar-refractivity contribution in [2.75, 3.05) is 0 Å². The van der Waals surface area contributed by atoms with Crippen LogP contribution in [0, 0.1) is 0 Å². The standard InChI is InChI=1S/C9H17NO3/c1-8(2,3)12-13-9(4)6-5-7(11)10-9/h5-6H2,1-4H3,(H,10,11). The first-order valence-electron chi connectivity index (χ1n) is 4.49. The van der Waals surface area contributed by atoms with E-state index in [4.69, 9.17) is 9.78 Å². The van der Waals surface area contributed by atoms with Crippen LogP contribution in [0.25, 0.3) is 0 Å². The van der Waals surface area contributed by atoms with Crippen LogP contribution in [0.5, 0.6) is 0 Å². The molecule has 76 valence electrons. The third-order valence-electron chi connectivity index (χ3n) is 1.71. The first-order chi connectivity index (χ1) is 5.81. The van der Waals surface area contributed by atoms with E-state index in [2.05, 4.69) is 5.32 Å². The predicted molar refractivity (Wildman–Crippen MR) is 47.7 cm³/mol. The third-order valence-corrected chi connectivity index (χ3v) is 1.71. The maximum atomic E-state index is 10.9. The highest BCUT2D eigenvalue weighted by atomic mass is 17.2. The summed E-state index contributed by atoms with van der Waals surface area (Å²) in [5, 5.41) is 2.72. The molecule has 0 saturated carbocycles. The molecule has 0 aromatic carbocycles. The van der Waals surface area contributed by atoms with Gasteiger partial charge in [-0.1, -0.05) is 0 Å². The minimum Gasteiger partial charge on any atom is -0.326 e. The van der Waals surface area contributed by atoms with Crippen molar-refractivity contribution in [2.45, 2.75) is 51.9 Å². The number of rotatable bonds is 2. The highest BCUT2D eigenvalue weighted by Crippen LogP contribution is 2.23. The van der Waals surface area contributed by atoms with Gasteiger partial charge in [0, 0.05) is 12.8 Å². The van der Waals surface area contributed by atoms with E-state index < -0.39 is 5.72 Å². The Morgan fingerprint density at radius 3 is 2.46 bits per heavy atom. The maximum Gasteiger partial charge on any atom is 0.222 e. The van der Waals surface area contributed by atoms with Gasteiger partial charge in [-0.3, -0.25) is 4.79 Å². The molecular formula is C9H17NO3. The zero-order chi connectivity index (χ0) is 10.1. The number of amides is 1. The molecule has 0 radical (unpaired) electrons. The number of carbonyl (C=O) groups is 1. The van der Waals surface area contributed by atoms with Gasteiger partial charge in [0.2, 0.25) is 5.91 Å². The molecule has 0 aromatic heterocycles. The third kappa shape index (κ3) is 3.32. The lowest BCUT2D eigenvalue weighted by Gasteiger charge is -2.27. The number of nitrogens with one attached hydrogen (secondary N) is 1. The van der Waals surface area contributed by atoms with Crippen LogP contribution in [0.15, 0.2) is 0 Å². The normalized spacial score (nSPS) is 29.1. The molecule has 1 rings (SSSR count). The molecule has 1 atom stereocenters. The van der Waals surface area contributed by atoms with Gasteiger partial charge in [-0.2, -0.15) is 0 Å². The van der Waals surface area contributed by atoms with Crippen molar-refractivity contribution in [3.05, 3.63) is 0 Å². The van der Waals surface area contributed by atoms with Crippen molar-refractivity contribution in [1.29, 1.82) is 0 Å². The lowest BCUT2D eigenvalue weighted by Crippen LogP contribution is -2.42. The van der Waals surface area contributed by atoms with Crippen molar-refractivity contribution in [3.8, 4) is 0 Å². The molecule has 0 aromatic rings. The first kappa shape index (κ1) is 10.5. The summed E-state index contributed by atoms with van der Waals surface area (Å²) in [7, 11) is 0. The second kappa shape index (κ2) is 3.27. The molecule has 0 bridgehead atoms. The molecule has 13 heavy (non-hydrogen) atoms. The number of hydrogen-bond acceptors (Lipinski definition) is 3. The Bertz CT molecular complexity index is 209. The van der Waals surface area contributed by atoms with E-state index in [0.29, 0.717) is 12.8 Å². The van der Waals surface area contributed by atoms with Crippen LogP contribution in [0.1, 0.15) is 40.5 Å². The summed E-state index contributed by atoms with van der Waals surface area (Å²) >= 11 is 0. The van der Waals surface area contributed by atoms with Crippen molar-refractivity contribution in [3.63, 3.8) is 0 Å². The van der Waals surface area contributed by atoms with Gasteiger partial charge in [-0.05, 0) is 27.7 Å². The van der Waals surface area contributed by atoms with Gasteiger partial charge < -0.3 is 5.32 Å². The lowest BCUT2D eigenvalue weighted by atomic mass is 10.2. The quantitative estimate of drug-likeness (QED) is 0.524. The topological polar surface area (TPSA) is 47.6 Å². The molecule has 1 aliphatic rings. The molecule has 1 unspecified atom stereocenters. The molecule has 1 saturated heterocycles. The van der Waals surface area contributed by atoms with Gasteiger partial charge in [0.15, 0.2) is 5.72 Å². The fourth-order valence-electron chi connectivity index (χ4n) is 1.05. The molecular weight excluding hydrogens is 170 g/mol. The fourth-order valence-corrected chi connectivity index (χ4v) is 1.05. The SMILES string of the molecule is CC(C)(C)OOC1(C)CCC(=O)N1. The van der Waals surface area contributed by atoms with E-state index in [1.807, 2.05) is 27.7 Å². The van der Waals surface area contributed by atoms with Crippen molar-refractivity contribution in [1.82, 2.24) is 5.32 Å². The zero-order valence-electron chi connectivity index (χ0n) is 8.64. The molecule has 1 amide bonds. The summed E-state index contributed by atoms with van der Waals surface area (Å²) in [6, 6.07) is 0. The van der Waals surface area contributed by atoms with Gasteiger partial charge in [-0.15, -0.1) is 0 Å². The van der Waals surface area contributed by atoms with E-state index in [1.165, 1.54) is 0 Å². The predicted octanol–water partition coefficient (Wildman–Crippen LogP) is 1.36. The summed E-state index contributed by atoms with van der Waals surface area (Å²) in [4.78, 5) is 21.3. The van der Waals surface area contributed by atoms with E-state index in [1.54, 1.807) is 0 Å². The molecule has 1 N–H and O–H groups in total. The van der Waals surface area contributed by atoms with Crippen LogP contribution in [0.3, 0.4) is 0 Å². The molecule has 1 aliphatic heterocycles. The van der Waals surface area contributed by atoms with E-state index in [0.717, 1.165) is 0 Å². The van der Waals surface area contributed by atoms with Gasteiger partial charge in [-0.25, -0.2) is 9.78 Å². The maximum absolute atomic E-state index is 10.9. The highest BCUT2D eigenvalue weighted by Gasteiger charge is 2.36. The largest absolute Gasteiger partial charge is 0.326 e. The Labute approximate surface area is 78.5 Å². The Morgan fingerprint density at radius 1 is 1.46 bits per heavy atom. The molecule has 1 fully saturated rings. The van der Waals surface area contributed by atoms with Crippen molar-refractivity contribution < 1.29 is 14.6 Å². The summed E-state index contributed by atoms with van der Waals surface area (Å²) in [6.45, 7) is 7.50. The average Bonchev–Trinajstić information content (AvgIpc) is 2.27. The Kier molecular flexibility index (Phi) is 2.63. The molecule has 0 spiro atoms. The molecule has 4 nitrogen and oxygen atoms in total. The second-order valence-electron chi connectivity index (χ2n) is 4.56. The van der Waals surface area contributed by atoms with Crippen molar-refractivity contribution in [2.24, 2.45) is 0 Å². The summed E-state index contributed by atoms with van der Waals surface area (Å²) in [5.41, 5.74) is -0.999. The fraction of sp³-hybridized carbons (Fsp3) is 0.889. The Hall–Kier alpha value is -0.610. The van der Waals surface area contributed by atoms with Crippen LogP contribution in [-0.2, 0) is 14.6 Å². The van der Waals surface area contributed by atoms with Gasteiger partial charge in [0.05, 0.1) is 5.60 Å². The molecule has 1 heterocycles. The first-order valence-corrected chi connectivity index (χ1v) is 4.49. The van der Waals surface area contributed by atoms with E-state index >= 15 is 0 Å². The van der Waals surface area contributed by atoms with Crippen LogP contribution >= 0.6 is 0 Å². The highest BCUT2D eigenvalue weighted by molar-refractivity contribution is 5.78. The van der Waals surface area contributed by atoms with Crippen LogP contribution in [0.4, 0.5) is 0 Å². The lowest BCUT2D eigenvalue weighted by molar-refractivity contribution is -0.403. The Morgan fingerprint density at radius 2 is 2.08 bits per heavy atom. The van der Waals surface area contributed by atoms with E-state index in [-0.39, 0.29) is 11.5 Å². The number of carbonyl (C=O) groups excluding carboxylic acids is 1. The molecule has 0 aliphatic carbocycles. The number of hydrogen-bond donors (Lipinski definition) is 1. The summed E-state index contributed by atoms with van der Waals surface area (Å²) in [5.74, 6) is 0.0139. The van der Waals surface area contributed by atoms with Gasteiger partial charge >= 0.3 is 0 Å². The van der Waals surface area contributed by atoms with Crippen LogP contribution < -0.4 is 5.32 Å². The minimum atomic E-state index is -0.648. The van der Waals surface area contributed by atoms with Gasteiger partial charge in [0.25, 0.3) is 0 Å². The second-order valence-corrected chi connectivity index (χ2v) is 4.56. The van der Waals surface area contributed by atoms with Crippen LogP contribution in [0.2, 0.25) is 0 Å². The smallest absolute Gasteiger partial charge is 0.222 e. The summed E-state index contributed by atoms with van der Waals surface area (Å²) in [6.07, 6.45) is 1.16. The monoisotopic (exact) mass is 187 g/mol.